The molecular formula is C87H114Cl2N8O8. The van der Waals surface area contributed by atoms with Gasteiger partial charge in [0.15, 0.2) is 0 Å². The van der Waals surface area contributed by atoms with Gasteiger partial charge in [0.25, 0.3) is 0 Å². The fourth-order valence-electron chi connectivity index (χ4n) is 24.2. The fraction of sp³-hybridized carbons (Fsp3) is 0.598. The van der Waals surface area contributed by atoms with E-state index in [1.165, 1.54) is 183 Å². The standard InChI is InChI=1S/C23H30N2O2.C22H28N2O3.C20H26N2.C19H24N2O.C3H5ClO2.ClH/c1-4-16-11-15-12-19-21(16)24(13-15)9-8-17-18-10-14(3)6-7-20(18)25(22(17)19)23(26)27-5-2;1-3-14-9-13-10-18-20(14)23(12-13)8-7-16-17-11-15(25)5-6-19(17)24(21(16)18)22(26)27-4-2;1-3-14-9-13-10-17-19-15(6-7-22(11-13)20(14)17)16-8-12(2)4-5-18(16)21-19;1-2-12-7-11-8-16-18-14(5-6-21(10-11)19(12)16)15-9-13(22)3-4-17(15)20-18;1-2-6-3(4)5;/h6-7,10,15-16,19,21H,4-5,8-9,11-13H2,1-3H3;5-6,11,13-14,18,20,25H,3-4,7-10,12H2,1-2H3;4-5,8,13-14,17,20-21H,3,6-7,9-11H2,1-2H3;3-4,9,11-12,16,19-20,22H,2,5-8,10H2,1H3;2H2,1H3;1H/t15-,16-,19+,21?;13-,14-,18+,20?;13-,14-,17-,20?;11-,12-,16-,19?;;/m0000../s1. The van der Waals surface area contributed by atoms with Gasteiger partial charge in [-0.15, -0.1) is 12.4 Å². The van der Waals surface area contributed by atoms with E-state index in [1.807, 2.05) is 47.2 Å². The van der Waals surface area contributed by atoms with Crippen molar-refractivity contribution in [2.24, 2.45) is 47.3 Å². The van der Waals surface area contributed by atoms with Gasteiger partial charge in [-0.05, 0) is 242 Å². The number of halogens is 2. The van der Waals surface area contributed by atoms with E-state index in [4.69, 9.17) is 21.1 Å². The zero-order valence-corrected chi connectivity index (χ0v) is 65.1. The number of ether oxygens (including phenoxy) is 3. The maximum absolute atomic E-state index is 13.0. The van der Waals surface area contributed by atoms with Crippen LogP contribution < -0.4 is 0 Å². The number of carbonyl (C=O) groups excluding carboxylic acids is 3. The number of aryl methyl sites for hydroxylation is 2. The number of phenolic OH excluding ortho intramolecular Hbond substituents is 2. The number of hydrogen-bond acceptors (Lipinski definition) is 12. The lowest BCUT2D eigenvalue weighted by Crippen LogP contribution is -2.56. The molecule has 8 unspecified atom stereocenters. The fourth-order valence-corrected chi connectivity index (χ4v) is 24.3. The molecule has 0 amide bonds. The van der Waals surface area contributed by atoms with Crippen molar-refractivity contribution in [3.05, 3.63) is 129 Å². The van der Waals surface area contributed by atoms with Gasteiger partial charge in [0.05, 0.1) is 30.9 Å². The number of benzene rings is 4. The monoisotopic (exact) mass is 1470 g/mol. The predicted octanol–water partition coefficient (Wildman–Crippen LogP) is 18.5. The quantitative estimate of drug-likeness (QED) is 0.0880. The first-order valence-electron chi connectivity index (χ1n) is 40.6. The van der Waals surface area contributed by atoms with Crippen molar-refractivity contribution in [2.75, 3.05) is 72.2 Å². The van der Waals surface area contributed by atoms with Crippen LogP contribution in [0.2, 0.25) is 0 Å². The minimum absolute atomic E-state index is 0. The second kappa shape index (κ2) is 30.5. The Morgan fingerprint density at radius 1 is 0.429 bits per heavy atom. The van der Waals surface area contributed by atoms with Crippen LogP contribution in [0.15, 0.2) is 72.8 Å². The first-order valence-corrected chi connectivity index (χ1v) is 40.9. The predicted molar refractivity (Wildman–Crippen MR) is 421 cm³/mol. The third-order valence-electron chi connectivity index (χ3n) is 27.8. The third kappa shape index (κ3) is 13.3. The van der Waals surface area contributed by atoms with Gasteiger partial charge in [-0.1, -0.05) is 76.6 Å². The molecule has 564 valence electrons. The van der Waals surface area contributed by atoms with Crippen molar-refractivity contribution in [1.29, 1.82) is 0 Å². The number of aromatic hydroxyl groups is 2. The van der Waals surface area contributed by atoms with Crippen molar-refractivity contribution in [2.45, 2.75) is 213 Å². The van der Waals surface area contributed by atoms with Crippen molar-refractivity contribution in [3.8, 4) is 11.5 Å². The second-order valence-electron chi connectivity index (χ2n) is 33.4. The van der Waals surface area contributed by atoms with Crippen molar-refractivity contribution in [3.63, 3.8) is 0 Å². The molecule has 12 aliphatic heterocycles. The summed E-state index contributed by atoms with van der Waals surface area (Å²) in [7, 11) is 0. The van der Waals surface area contributed by atoms with E-state index < -0.39 is 5.43 Å². The van der Waals surface area contributed by atoms with Gasteiger partial charge in [0.2, 0.25) is 0 Å². The Bertz CT molecular complexity index is 4260. The molecule has 4 aromatic carbocycles. The molecule has 16 heterocycles. The number of nitrogens with zero attached hydrogens (tertiary/aromatic N) is 6. The molecular weight excluding hydrogens is 1360 g/mol. The van der Waals surface area contributed by atoms with Crippen LogP contribution in [0.3, 0.4) is 0 Å². The van der Waals surface area contributed by atoms with Crippen molar-refractivity contribution in [1.82, 2.24) is 38.7 Å². The maximum atomic E-state index is 13.0. The summed E-state index contributed by atoms with van der Waals surface area (Å²) in [5, 5.41) is 25.0. The summed E-state index contributed by atoms with van der Waals surface area (Å²) >= 11 is 4.72. The topological polar surface area (TPSA) is 174 Å². The molecule has 16 bridgehead atoms. The van der Waals surface area contributed by atoms with E-state index in [9.17, 15) is 24.6 Å². The highest BCUT2D eigenvalue weighted by Gasteiger charge is 2.54. The maximum Gasteiger partial charge on any atom is 0.418 e. The Hall–Kier alpha value is -6.53. The number of hydrogen-bond donors (Lipinski definition) is 4. The van der Waals surface area contributed by atoms with E-state index in [-0.39, 0.29) is 30.3 Å². The minimum Gasteiger partial charge on any atom is -0.508 e. The molecule has 16 aliphatic rings. The summed E-state index contributed by atoms with van der Waals surface area (Å²) in [5.41, 5.74) is 17.6. The molecule has 4 aromatic heterocycles. The Balaban J connectivity index is 0.000000109. The highest BCUT2D eigenvalue weighted by atomic mass is 35.5. The number of aromatic amines is 2. The molecule has 0 spiro atoms. The number of piperidine rings is 8. The van der Waals surface area contributed by atoms with Gasteiger partial charge < -0.3 is 34.4 Å². The molecule has 4 aliphatic carbocycles. The smallest absolute Gasteiger partial charge is 0.418 e. The molecule has 18 heteroatoms. The number of phenols is 2. The number of H-pyrrole nitrogens is 2. The van der Waals surface area contributed by atoms with E-state index in [2.05, 4.69) is 112 Å². The lowest BCUT2D eigenvalue weighted by atomic mass is 9.65. The zero-order chi connectivity index (χ0) is 72.1. The summed E-state index contributed by atoms with van der Waals surface area (Å²) < 4.78 is 18.9. The molecule has 16 nitrogen and oxygen atoms in total. The van der Waals surface area contributed by atoms with Crippen molar-refractivity contribution >= 4 is 85.2 Å². The number of nitrogens with one attached hydrogen (secondary N) is 2. The van der Waals surface area contributed by atoms with Crippen LogP contribution in [0.25, 0.3) is 43.6 Å². The summed E-state index contributed by atoms with van der Waals surface area (Å²) in [4.78, 5) is 54.2. The van der Waals surface area contributed by atoms with E-state index in [1.54, 1.807) is 30.3 Å². The molecule has 4 N–H and O–H groups in total. The first-order chi connectivity index (χ1) is 50.5. The van der Waals surface area contributed by atoms with Gasteiger partial charge in [0.1, 0.15) is 11.5 Å². The first kappa shape index (κ1) is 74.0. The van der Waals surface area contributed by atoms with Crippen LogP contribution >= 0.6 is 24.0 Å². The largest absolute Gasteiger partial charge is 0.508 e. The number of carbonyl (C=O) groups is 3. The molecule has 8 saturated heterocycles. The summed E-state index contributed by atoms with van der Waals surface area (Å²) in [6.07, 6.45) is 19.7. The summed E-state index contributed by atoms with van der Waals surface area (Å²) in [5.74, 6) is 9.43. The number of aromatic nitrogens is 4. The van der Waals surface area contributed by atoms with E-state index >= 15 is 0 Å². The number of fused-ring (bicyclic) bond motifs is 16. The van der Waals surface area contributed by atoms with Gasteiger partial charge in [-0.2, -0.15) is 0 Å². The second-order valence-corrected chi connectivity index (χ2v) is 33.7. The van der Waals surface area contributed by atoms with Gasteiger partial charge in [0, 0.05) is 167 Å². The summed E-state index contributed by atoms with van der Waals surface area (Å²) in [6.45, 7) is 30.1. The van der Waals surface area contributed by atoms with Gasteiger partial charge in [-0.25, -0.2) is 23.5 Å². The molecule has 8 aromatic rings. The van der Waals surface area contributed by atoms with Crippen LogP contribution in [0.1, 0.15) is 205 Å². The minimum atomic E-state index is -0.738. The lowest BCUT2D eigenvalue weighted by molar-refractivity contribution is -0.0141. The molecule has 20 atom stereocenters. The van der Waals surface area contributed by atoms with Crippen molar-refractivity contribution < 1.29 is 38.8 Å². The summed E-state index contributed by atoms with van der Waals surface area (Å²) in [6, 6.07) is 27.2. The molecule has 0 radical (unpaired) electrons. The Morgan fingerprint density at radius 2 is 0.762 bits per heavy atom. The van der Waals surface area contributed by atoms with Crippen LogP contribution in [0.5, 0.6) is 11.5 Å². The van der Waals surface area contributed by atoms with Gasteiger partial charge in [-0.3, -0.25) is 19.6 Å². The van der Waals surface area contributed by atoms with E-state index in [0.29, 0.717) is 61.3 Å². The zero-order valence-electron chi connectivity index (χ0n) is 63.6. The van der Waals surface area contributed by atoms with Crippen LogP contribution in [0, 0.1) is 61.2 Å². The van der Waals surface area contributed by atoms with Crippen LogP contribution in [-0.2, 0) is 39.9 Å². The van der Waals surface area contributed by atoms with Crippen LogP contribution in [0.4, 0.5) is 14.4 Å². The average Bonchev–Trinajstić information content (AvgIpc) is 1.58. The highest BCUT2D eigenvalue weighted by Crippen LogP contribution is 2.57. The Morgan fingerprint density at radius 3 is 1.16 bits per heavy atom. The average molecular weight is 1470 g/mol. The molecule has 105 heavy (non-hydrogen) atoms. The lowest BCUT2D eigenvalue weighted by Gasteiger charge is -2.53. The molecule has 12 fully saturated rings. The SMILES string of the molecule is CCOC(=O)Cl.CCOC(=O)n1c2c(c3cc(C)ccc31)CCN1C[C@H]3C[C@H](CC)C1[C@H]2C3.CCOC(=O)n1c2c(c3cc(O)ccc31)CCN1C[C@H]3C[C@H](CC)C1[C@H]2C3.CC[C@H]1C[C@H]2C[C@H]3c4[nH]c5ccc(C)cc5c4CCN(C2)C13.CC[C@H]1C[C@H]2C[C@H]3c4[nH]c5ccc(O)cc5c4CCN(C2)C13.Cl. The Kier molecular flexibility index (Phi) is 21.5. The third-order valence-corrected chi connectivity index (χ3v) is 27.9. The van der Waals surface area contributed by atoms with Crippen LogP contribution in [-0.4, -0.2) is 163 Å². The Labute approximate surface area is 632 Å². The highest BCUT2D eigenvalue weighted by molar-refractivity contribution is 6.61. The number of rotatable bonds is 7. The molecule has 24 rings (SSSR count). The molecule has 4 saturated carbocycles. The van der Waals surface area contributed by atoms with Gasteiger partial charge >= 0.3 is 17.6 Å². The van der Waals surface area contributed by atoms with E-state index in [0.717, 1.165) is 120 Å². The normalized spacial score (nSPS) is 31.9.